The highest BCUT2D eigenvalue weighted by Crippen LogP contribution is 2.30. The summed E-state index contributed by atoms with van der Waals surface area (Å²) < 4.78 is 0. The van der Waals surface area contributed by atoms with Crippen LogP contribution in [0.1, 0.15) is 18.2 Å². The smallest absolute Gasteiger partial charge is 0.223 e. The van der Waals surface area contributed by atoms with Gasteiger partial charge < -0.3 is 5.32 Å². The van der Waals surface area contributed by atoms with E-state index in [1.165, 1.54) is 5.56 Å². The first-order valence-corrected chi connectivity index (χ1v) is 8.32. The molecule has 0 amide bonds. The Morgan fingerprint density at radius 2 is 2.09 bits per heavy atom. The molecule has 0 atom stereocenters. The van der Waals surface area contributed by atoms with Crippen LogP contribution in [0.15, 0.2) is 36.9 Å². The summed E-state index contributed by atoms with van der Waals surface area (Å²) in [5.41, 5.74) is 4.42. The Morgan fingerprint density at radius 1 is 1.30 bits per heavy atom. The molecule has 2 heterocycles. The molecule has 1 N–H and O–H groups in total. The summed E-state index contributed by atoms with van der Waals surface area (Å²) in [6.07, 6.45) is 2.88. The van der Waals surface area contributed by atoms with Gasteiger partial charge in [-0.25, -0.2) is 9.97 Å². The number of halogens is 1. The second-order valence-corrected chi connectivity index (χ2v) is 6.07. The zero-order chi connectivity index (χ0) is 16.2. The first kappa shape index (κ1) is 16.0. The van der Waals surface area contributed by atoms with Crippen molar-refractivity contribution in [3.05, 3.63) is 53.2 Å². The van der Waals surface area contributed by atoms with Gasteiger partial charge in [0.1, 0.15) is 0 Å². The van der Waals surface area contributed by atoms with Crippen LogP contribution < -0.4 is 5.32 Å². The van der Waals surface area contributed by atoms with E-state index in [-0.39, 0.29) is 0 Å². The molecule has 0 fully saturated rings. The van der Waals surface area contributed by atoms with Crippen molar-refractivity contribution in [2.75, 3.05) is 25.0 Å². The Labute approximate surface area is 142 Å². The maximum Gasteiger partial charge on any atom is 0.223 e. The second-order valence-electron chi connectivity index (χ2n) is 5.63. The van der Waals surface area contributed by atoms with Crippen molar-refractivity contribution in [3.63, 3.8) is 0 Å². The van der Waals surface area contributed by atoms with Crippen molar-refractivity contribution in [2.45, 2.75) is 19.9 Å². The molecule has 0 radical (unpaired) electrons. The Kier molecular flexibility index (Phi) is 4.94. The largest absolute Gasteiger partial charge is 0.354 e. The Balaban J connectivity index is 2.06. The fourth-order valence-corrected chi connectivity index (χ4v) is 3.02. The highest BCUT2D eigenvalue weighted by molar-refractivity contribution is 6.30. The molecule has 3 rings (SSSR count). The van der Waals surface area contributed by atoms with E-state index in [4.69, 9.17) is 21.6 Å². The minimum absolute atomic E-state index is 0.702. The van der Waals surface area contributed by atoms with E-state index in [2.05, 4.69) is 23.7 Å². The van der Waals surface area contributed by atoms with Gasteiger partial charge in [0.2, 0.25) is 5.95 Å². The molecule has 1 aliphatic rings. The molecule has 5 heteroatoms. The standard InChI is InChI=1S/C18H21ClN4/c1-3-10-23-11-9-16-15(12-23)17(22-18(21-16)20-4-2)13-5-7-14(19)8-6-13/h3,5-8H,1,4,9-12H2,2H3,(H,20,21,22). The zero-order valence-corrected chi connectivity index (χ0v) is 14.1. The first-order chi connectivity index (χ1) is 11.2. The summed E-state index contributed by atoms with van der Waals surface area (Å²) >= 11 is 6.02. The van der Waals surface area contributed by atoms with Crippen LogP contribution in [0, 0.1) is 0 Å². The maximum absolute atomic E-state index is 6.02. The molecule has 1 aromatic carbocycles. The predicted octanol–water partition coefficient (Wildman–Crippen LogP) is 3.77. The number of hydrogen-bond acceptors (Lipinski definition) is 4. The molecule has 0 unspecified atom stereocenters. The van der Waals surface area contributed by atoms with E-state index < -0.39 is 0 Å². The van der Waals surface area contributed by atoms with Crippen molar-refractivity contribution >= 4 is 17.5 Å². The molecule has 23 heavy (non-hydrogen) atoms. The molecule has 4 nitrogen and oxygen atoms in total. The fourth-order valence-electron chi connectivity index (χ4n) is 2.89. The highest BCUT2D eigenvalue weighted by Gasteiger charge is 2.22. The molecule has 1 aromatic heterocycles. The third-order valence-electron chi connectivity index (χ3n) is 3.98. The molecule has 0 saturated carbocycles. The highest BCUT2D eigenvalue weighted by atomic mass is 35.5. The van der Waals surface area contributed by atoms with Gasteiger partial charge in [-0.3, -0.25) is 4.90 Å². The molecule has 2 aromatic rings. The summed E-state index contributed by atoms with van der Waals surface area (Å²) in [7, 11) is 0. The van der Waals surface area contributed by atoms with E-state index in [1.54, 1.807) is 0 Å². The van der Waals surface area contributed by atoms with Gasteiger partial charge in [-0.15, -0.1) is 6.58 Å². The molecular weight excluding hydrogens is 308 g/mol. The van der Waals surface area contributed by atoms with Gasteiger partial charge in [0, 0.05) is 48.7 Å². The zero-order valence-electron chi connectivity index (χ0n) is 13.3. The van der Waals surface area contributed by atoms with E-state index in [9.17, 15) is 0 Å². The van der Waals surface area contributed by atoms with Crippen molar-refractivity contribution < 1.29 is 0 Å². The molecule has 0 bridgehead atoms. The second kappa shape index (κ2) is 7.11. The van der Waals surface area contributed by atoms with Crippen LogP contribution in [0.5, 0.6) is 0 Å². The predicted molar refractivity (Wildman–Crippen MR) is 95.8 cm³/mol. The average Bonchev–Trinajstić information content (AvgIpc) is 2.56. The summed E-state index contributed by atoms with van der Waals surface area (Å²) in [5, 5.41) is 3.97. The lowest BCUT2D eigenvalue weighted by molar-refractivity contribution is 0.279. The van der Waals surface area contributed by atoms with Crippen LogP contribution in [0.25, 0.3) is 11.3 Å². The number of nitrogens with zero attached hydrogens (tertiary/aromatic N) is 3. The average molecular weight is 329 g/mol. The van der Waals surface area contributed by atoms with Gasteiger partial charge in [0.05, 0.1) is 11.4 Å². The Morgan fingerprint density at radius 3 is 2.78 bits per heavy atom. The van der Waals surface area contributed by atoms with Crippen LogP contribution in [0.2, 0.25) is 5.02 Å². The first-order valence-electron chi connectivity index (χ1n) is 7.94. The molecule has 1 aliphatic heterocycles. The third-order valence-corrected chi connectivity index (χ3v) is 4.23. The van der Waals surface area contributed by atoms with Crippen LogP contribution in [0.4, 0.5) is 5.95 Å². The van der Waals surface area contributed by atoms with Gasteiger partial charge in [-0.1, -0.05) is 29.8 Å². The summed E-state index contributed by atoms with van der Waals surface area (Å²) in [6.45, 7) is 9.44. The van der Waals surface area contributed by atoms with E-state index in [0.29, 0.717) is 5.95 Å². The van der Waals surface area contributed by atoms with E-state index >= 15 is 0 Å². The van der Waals surface area contributed by atoms with Crippen molar-refractivity contribution in [2.24, 2.45) is 0 Å². The van der Waals surface area contributed by atoms with Gasteiger partial charge >= 0.3 is 0 Å². The molecule has 120 valence electrons. The number of hydrogen-bond donors (Lipinski definition) is 1. The third kappa shape index (κ3) is 3.54. The topological polar surface area (TPSA) is 41.1 Å². The Hall–Kier alpha value is -1.91. The summed E-state index contributed by atoms with van der Waals surface area (Å²) in [6, 6.07) is 7.85. The van der Waals surface area contributed by atoms with Gasteiger partial charge in [-0.05, 0) is 19.1 Å². The lowest BCUT2D eigenvalue weighted by Gasteiger charge is -2.28. The van der Waals surface area contributed by atoms with Crippen LogP contribution in [0.3, 0.4) is 0 Å². The Bertz CT molecular complexity index is 697. The monoisotopic (exact) mass is 328 g/mol. The minimum atomic E-state index is 0.702. The summed E-state index contributed by atoms with van der Waals surface area (Å²) in [5.74, 6) is 0.702. The molecule has 0 aliphatic carbocycles. The number of aromatic nitrogens is 2. The lowest BCUT2D eigenvalue weighted by atomic mass is 9.99. The number of anilines is 1. The normalized spacial score (nSPS) is 14.3. The van der Waals surface area contributed by atoms with E-state index in [1.807, 2.05) is 30.3 Å². The van der Waals surface area contributed by atoms with Gasteiger partial charge in [0.25, 0.3) is 0 Å². The quantitative estimate of drug-likeness (QED) is 0.848. The van der Waals surface area contributed by atoms with Crippen molar-refractivity contribution in [1.29, 1.82) is 0 Å². The van der Waals surface area contributed by atoms with Crippen molar-refractivity contribution in [3.8, 4) is 11.3 Å². The van der Waals surface area contributed by atoms with Crippen molar-refractivity contribution in [1.82, 2.24) is 14.9 Å². The SMILES string of the molecule is C=CCN1CCc2nc(NCC)nc(-c3ccc(Cl)cc3)c2C1. The van der Waals surface area contributed by atoms with Crippen LogP contribution >= 0.6 is 11.6 Å². The molecule has 0 saturated heterocycles. The number of benzene rings is 1. The van der Waals surface area contributed by atoms with Gasteiger partial charge in [0.15, 0.2) is 0 Å². The summed E-state index contributed by atoms with van der Waals surface area (Å²) in [4.78, 5) is 11.8. The lowest BCUT2D eigenvalue weighted by Crippen LogP contribution is -2.32. The number of nitrogens with one attached hydrogen (secondary N) is 1. The number of fused-ring (bicyclic) bond motifs is 1. The fraction of sp³-hybridized carbons (Fsp3) is 0.333. The molecular formula is C18H21ClN4. The number of rotatable bonds is 5. The van der Waals surface area contributed by atoms with Crippen LogP contribution in [-0.2, 0) is 13.0 Å². The minimum Gasteiger partial charge on any atom is -0.354 e. The van der Waals surface area contributed by atoms with Crippen LogP contribution in [-0.4, -0.2) is 34.5 Å². The van der Waals surface area contributed by atoms with Gasteiger partial charge in [-0.2, -0.15) is 0 Å². The van der Waals surface area contributed by atoms with E-state index in [0.717, 1.165) is 54.6 Å². The molecule has 0 spiro atoms. The maximum atomic E-state index is 6.02.